The third-order valence-electron chi connectivity index (χ3n) is 4.16. The highest BCUT2D eigenvalue weighted by atomic mass is 35.5. The van der Waals surface area contributed by atoms with Gasteiger partial charge in [-0.15, -0.1) is 0 Å². The van der Waals surface area contributed by atoms with Crippen LogP contribution in [0.25, 0.3) is 10.9 Å². The van der Waals surface area contributed by atoms with Crippen molar-refractivity contribution in [3.63, 3.8) is 0 Å². The van der Waals surface area contributed by atoms with E-state index in [4.69, 9.17) is 11.6 Å². The Morgan fingerprint density at radius 3 is 2.46 bits per heavy atom. The standard InChI is InChI=1S/C19H18ClNO4S/c1-13-3-7-17(8-4-13)26(23,24)21-16(6-10-19(22)25-2)12-14-11-15(20)5-9-18(14)21/h3-5,7-9,11-12H,6,10H2,1-2H3. The summed E-state index contributed by atoms with van der Waals surface area (Å²) < 4.78 is 32.5. The molecule has 0 saturated carbocycles. The number of methoxy groups -OCH3 is 1. The van der Waals surface area contributed by atoms with E-state index in [9.17, 15) is 13.2 Å². The number of fused-ring (bicyclic) bond motifs is 1. The van der Waals surface area contributed by atoms with Crippen LogP contribution in [0.2, 0.25) is 5.02 Å². The van der Waals surface area contributed by atoms with E-state index < -0.39 is 16.0 Å². The average molecular weight is 392 g/mol. The molecule has 26 heavy (non-hydrogen) atoms. The zero-order valence-electron chi connectivity index (χ0n) is 14.4. The normalized spacial score (nSPS) is 11.7. The van der Waals surface area contributed by atoms with Gasteiger partial charge >= 0.3 is 5.97 Å². The maximum Gasteiger partial charge on any atom is 0.305 e. The highest BCUT2D eigenvalue weighted by Crippen LogP contribution is 2.28. The summed E-state index contributed by atoms with van der Waals surface area (Å²) in [7, 11) is -2.51. The third kappa shape index (κ3) is 3.48. The molecule has 0 unspecified atom stereocenters. The van der Waals surface area contributed by atoms with Gasteiger partial charge in [0.1, 0.15) is 0 Å². The van der Waals surface area contributed by atoms with E-state index in [-0.39, 0.29) is 17.7 Å². The molecule has 3 aromatic rings. The number of hydrogen-bond acceptors (Lipinski definition) is 4. The van der Waals surface area contributed by atoms with E-state index in [1.165, 1.54) is 11.1 Å². The second-order valence-corrected chi connectivity index (χ2v) is 8.22. The molecule has 7 heteroatoms. The summed E-state index contributed by atoms with van der Waals surface area (Å²) >= 11 is 6.05. The van der Waals surface area contributed by atoms with Crippen LogP contribution in [0.4, 0.5) is 0 Å². The zero-order valence-corrected chi connectivity index (χ0v) is 16.0. The first-order chi connectivity index (χ1) is 12.3. The number of aryl methyl sites for hydroxylation is 2. The van der Waals surface area contributed by atoms with Gasteiger partial charge in [0, 0.05) is 16.1 Å². The Kier molecular flexibility index (Phi) is 5.07. The SMILES string of the molecule is COC(=O)CCc1cc2cc(Cl)ccc2n1S(=O)(=O)c1ccc(C)cc1. The monoisotopic (exact) mass is 391 g/mol. The van der Waals surface area contributed by atoms with Crippen LogP contribution in [0, 0.1) is 6.92 Å². The van der Waals surface area contributed by atoms with E-state index in [1.54, 1.807) is 48.5 Å². The minimum atomic E-state index is -3.82. The van der Waals surface area contributed by atoms with Gasteiger partial charge in [-0.25, -0.2) is 12.4 Å². The lowest BCUT2D eigenvalue weighted by atomic mass is 10.2. The van der Waals surface area contributed by atoms with E-state index >= 15 is 0 Å². The van der Waals surface area contributed by atoms with E-state index in [2.05, 4.69) is 4.74 Å². The van der Waals surface area contributed by atoms with Crippen molar-refractivity contribution >= 4 is 38.5 Å². The molecular formula is C19H18ClNO4S. The third-order valence-corrected chi connectivity index (χ3v) is 6.18. The fraction of sp³-hybridized carbons (Fsp3) is 0.211. The van der Waals surface area contributed by atoms with Gasteiger partial charge in [0.15, 0.2) is 0 Å². The Morgan fingerprint density at radius 2 is 1.81 bits per heavy atom. The summed E-state index contributed by atoms with van der Waals surface area (Å²) in [6.45, 7) is 1.89. The largest absolute Gasteiger partial charge is 0.469 e. The zero-order chi connectivity index (χ0) is 18.9. The molecule has 5 nitrogen and oxygen atoms in total. The minimum Gasteiger partial charge on any atom is -0.469 e. The van der Waals surface area contributed by atoms with Crippen LogP contribution in [0.1, 0.15) is 17.7 Å². The van der Waals surface area contributed by atoms with Gasteiger partial charge in [-0.2, -0.15) is 0 Å². The van der Waals surface area contributed by atoms with Crippen molar-refractivity contribution in [2.45, 2.75) is 24.7 Å². The Hall–Kier alpha value is -2.31. The lowest BCUT2D eigenvalue weighted by Gasteiger charge is -2.12. The van der Waals surface area contributed by atoms with Gasteiger partial charge in [-0.05, 0) is 49.7 Å². The predicted molar refractivity (Wildman–Crippen MR) is 101 cm³/mol. The van der Waals surface area contributed by atoms with Crippen molar-refractivity contribution in [3.05, 3.63) is 64.8 Å². The molecule has 0 atom stereocenters. The molecule has 0 N–H and O–H groups in total. The van der Waals surface area contributed by atoms with Crippen LogP contribution in [0.5, 0.6) is 0 Å². The number of halogens is 1. The van der Waals surface area contributed by atoms with Crippen LogP contribution in [-0.4, -0.2) is 25.5 Å². The summed E-state index contributed by atoms with van der Waals surface area (Å²) in [6.07, 6.45) is 0.327. The van der Waals surface area contributed by atoms with Gasteiger partial charge < -0.3 is 4.74 Å². The smallest absolute Gasteiger partial charge is 0.305 e. The number of ether oxygens (including phenoxy) is 1. The summed E-state index contributed by atoms with van der Waals surface area (Å²) in [5, 5.41) is 1.22. The summed E-state index contributed by atoms with van der Waals surface area (Å²) in [5.74, 6) is -0.396. The van der Waals surface area contributed by atoms with Crippen LogP contribution in [-0.2, 0) is 26.0 Å². The lowest BCUT2D eigenvalue weighted by Crippen LogP contribution is -2.16. The van der Waals surface area contributed by atoms with Gasteiger partial charge in [0.25, 0.3) is 10.0 Å². The molecule has 0 spiro atoms. The number of benzene rings is 2. The van der Waals surface area contributed by atoms with Gasteiger partial charge in [0.2, 0.25) is 0 Å². The van der Waals surface area contributed by atoms with Crippen molar-refractivity contribution in [3.8, 4) is 0 Å². The molecule has 0 aliphatic carbocycles. The Balaban J connectivity index is 2.18. The van der Waals surface area contributed by atoms with Gasteiger partial charge in [0.05, 0.1) is 23.9 Å². The lowest BCUT2D eigenvalue weighted by molar-refractivity contribution is -0.140. The number of rotatable bonds is 5. The van der Waals surface area contributed by atoms with Crippen molar-refractivity contribution in [2.24, 2.45) is 0 Å². The number of carbonyl (C=O) groups excluding carboxylic acids is 1. The molecule has 0 fully saturated rings. The molecule has 0 aliphatic heterocycles. The topological polar surface area (TPSA) is 65.4 Å². The molecule has 0 saturated heterocycles. The maximum absolute atomic E-state index is 13.3. The number of aromatic nitrogens is 1. The first-order valence-corrected chi connectivity index (χ1v) is 9.83. The second-order valence-electron chi connectivity index (χ2n) is 6.00. The first kappa shape index (κ1) is 18.5. The minimum absolute atomic E-state index is 0.0873. The summed E-state index contributed by atoms with van der Waals surface area (Å²) in [4.78, 5) is 11.7. The Labute approximate surface area is 157 Å². The average Bonchev–Trinajstić information content (AvgIpc) is 2.98. The predicted octanol–water partition coefficient (Wildman–Crippen LogP) is 3.95. The quantitative estimate of drug-likeness (QED) is 0.618. The van der Waals surface area contributed by atoms with Crippen molar-refractivity contribution < 1.29 is 17.9 Å². The van der Waals surface area contributed by atoms with E-state index in [0.29, 0.717) is 21.6 Å². The van der Waals surface area contributed by atoms with Crippen molar-refractivity contribution in [2.75, 3.05) is 7.11 Å². The second kappa shape index (κ2) is 7.13. The number of hydrogen-bond donors (Lipinski definition) is 0. The molecular weight excluding hydrogens is 374 g/mol. The molecule has 1 aromatic heterocycles. The molecule has 3 rings (SSSR count). The van der Waals surface area contributed by atoms with Crippen molar-refractivity contribution in [1.29, 1.82) is 0 Å². The Morgan fingerprint density at radius 1 is 1.12 bits per heavy atom. The van der Waals surface area contributed by atoms with Crippen LogP contribution in [0.15, 0.2) is 53.4 Å². The van der Waals surface area contributed by atoms with Gasteiger partial charge in [-0.3, -0.25) is 4.79 Å². The molecule has 0 radical (unpaired) electrons. The van der Waals surface area contributed by atoms with E-state index in [0.717, 1.165) is 5.56 Å². The summed E-state index contributed by atoms with van der Waals surface area (Å²) in [6, 6.07) is 13.4. The number of nitrogens with zero attached hydrogens (tertiary/aromatic N) is 1. The molecule has 0 amide bonds. The molecule has 0 aliphatic rings. The van der Waals surface area contributed by atoms with Crippen LogP contribution >= 0.6 is 11.6 Å². The van der Waals surface area contributed by atoms with Crippen LogP contribution in [0.3, 0.4) is 0 Å². The fourth-order valence-electron chi connectivity index (χ4n) is 2.82. The number of carbonyl (C=O) groups is 1. The molecule has 0 bridgehead atoms. The highest BCUT2D eigenvalue weighted by Gasteiger charge is 2.23. The van der Waals surface area contributed by atoms with Crippen molar-refractivity contribution in [1.82, 2.24) is 3.97 Å². The number of esters is 1. The Bertz CT molecular complexity index is 1070. The first-order valence-electron chi connectivity index (χ1n) is 8.02. The highest BCUT2D eigenvalue weighted by molar-refractivity contribution is 7.90. The van der Waals surface area contributed by atoms with Gasteiger partial charge in [-0.1, -0.05) is 29.3 Å². The molecule has 2 aromatic carbocycles. The molecule has 136 valence electrons. The fourth-order valence-corrected chi connectivity index (χ4v) is 4.57. The van der Waals surface area contributed by atoms with Crippen LogP contribution < -0.4 is 0 Å². The maximum atomic E-state index is 13.3. The van der Waals surface area contributed by atoms with E-state index in [1.807, 2.05) is 6.92 Å². The molecule has 1 heterocycles. The summed E-state index contributed by atoms with van der Waals surface area (Å²) in [5.41, 5.74) is 2.00.